The Balaban J connectivity index is 1.01. The SMILES string of the molecule is COC(=O)C1Cc2c([nH]c3ccccc23)C(c2ccc3c(c2)OCO3)N1C(=O)CN(C)CC(=O)N1C(C(=O)OC)Cc2c([nH]c3ccccc23)C1c1ccc2c(c1)OCO2. The van der Waals surface area contributed by atoms with Crippen molar-refractivity contribution in [1.29, 1.82) is 0 Å². The number of likely N-dealkylation sites (N-methyl/N-ethyl adjacent to an activating group) is 1. The fraction of sp³-hybridized carbons (Fsp3) is 0.289. The van der Waals surface area contributed by atoms with Crippen molar-refractivity contribution in [2.45, 2.75) is 37.0 Å². The van der Waals surface area contributed by atoms with Crippen molar-refractivity contribution in [3.8, 4) is 23.0 Å². The van der Waals surface area contributed by atoms with E-state index in [1.165, 1.54) is 14.2 Å². The van der Waals surface area contributed by atoms with Gasteiger partial charge in [-0.1, -0.05) is 48.5 Å². The van der Waals surface area contributed by atoms with Gasteiger partial charge in [0.2, 0.25) is 25.4 Å². The third-order valence-electron chi connectivity index (χ3n) is 12.0. The van der Waals surface area contributed by atoms with Gasteiger partial charge in [-0.25, -0.2) is 9.59 Å². The Kier molecular flexibility index (Phi) is 9.12. The molecule has 0 fully saturated rings. The number of carbonyl (C=O) groups is 4. The van der Waals surface area contributed by atoms with Crippen LogP contribution in [0.15, 0.2) is 84.9 Å². The number of carbonyl (C=O) groups excluding carboxylic acids is 4. The number of aromatic nitrogens is 2. The van der Waals surface area contributed by atoms with E-state index in [1.54, 1.807) is 33.9 Å². The van der Waals surface area contributed by atoms with Crippen LogP contribution in [-0.2, 0) is 41.5 Å². The summed E-state index contributed by atoms with van der Waals surface area (Å²) < 4.78 is 33.3. The van der Waals surface area contributed by atoms with Crippen LogP contribution >= 0.6 is 0 Å². The Hall–Kier alpha value is -7.00. The third kappa shape index (κ3) is 6.06. The number of nitrogens with zero attached hydrogens (tertiary/aromatic N) is 3. The molecule has 0 radical (unpaired) electrons. The first-order valence-corrected chi connectivity index (χ1v) is 19.7. The van der Waals surface area contributed by atoms with Crippen LogP contribution in [0.5, 0.6) is 23.0 Å². The summed E-state index contributed by atoms with van der Waals surface area (Å²) in [5.74, 6) is 0.233. The van der Waals surface area contributed by atoms with Crippen molar-refractivity contribution in [1.82, 2.24) is 24.7 Å². The molecule has 0 saturated heterocycles. The molecular weight excluding hydrogens is 771 g/mol. The lowest BCUT2D eigenvalue weighted by Crippen LogP contribution is -2.56. The maximum Gasteiger partial charge on any atom is 0.328 e. The van der Waals surface area contributed by atoms with Gasteiger partial charge >= 0.3 is 11.9 Å². The highest BCUT2D eigenvalue weighted by molar-refractivity contribution is 5.93. The van der Waals surface area contributed by atoms with E-state index in [9.17, 15) is 19.2 Å². The predicted octanol–water partition coefficient (Wildman–Crippen LogP) is 4.77. The largest absolute Gasteiger partial charge is 0.467 e. The molecule has 0 bridgehead atoms. The van der Waals surface area contributed by atoms with Gasteiger partial charge in [-0.05, 0) is 65.7 Å². The number of methoxy groups -OCH3 is 2. The van der Waals surface area contributed by atoms with E-state index in [2.05, 4.69) is 9.97 Å². The van der Waals surface area contributed by atoms with Crippen LogP contribution in [0.4, 0.5) is 0 Å². The number of rotatable bonds is 8. The molecule has 4 aliphatic rings. The van der Waals surface area contributed by atoms with Crippen molar-refractivity contribution >= 4 is 45.6 Å². The number of esters is 2. The number of para-hydroxylation sites is 2. The smallest absolute Gasteiger partial charge is 0.328 e. The normalized spacial score (nSPS) is 20.0. The van der Waals surface area contributed by atoms with E-state index in [-0.39, 0.29) is 39.5 Å². The van der Waals surface area contributed by atoms with Crippen LogP contribution in [-0.4, -0.2) is 108 Å². The minimum atomic E-state index is -0.990. The molecule has 15 heteroatoms. The lowest BCUT2D eigenvalue weighted by molar-refractivity contribution is -0.157. The molecule has 0 aliphatic carbocycles. The van der Waals surface area contributed by atoms with Crippen LogP contribution in [0.3, 0.4) is 0 Å². The first-order valence-electron chi connectivity index (χ1n) is 19.7. The summed E-state index contributed by atoms with van der Waals surface area (Å²) >= 11 is 0. The van der Waals surface area contributed by atoms with Crippen LogP contribution in [0.25, 0.3) is 21.8 Å². The molecule has 6 heterocycles. The van der Waals surface area contributed by atoms with Gasteiger partial charge in [0.15, 0.2) is 23.0 Å². The highest BCUT2D eigenvalue weighted by atomic mass is 16.7. The molecule has 15 nitrogen and oxygen atoms in total. The zero-order valence-electron chi connectivity index (χ0n) is 33.1. The van der Waals surface area contributed by atoms with Gasteiger partial charge in [0.1, 0.15) is 12.1 Å². The second kappa shape index (κ2) is 14.7. The second-order valence-electron chi connectivity index (χ2n) is 15.4. The maximum atomic E-state index is 14.9. The van der Waals surface area contributed by atoms with Crippen LogP contribution in [0, 0.1) is 0 Å². The maximum absolute atomic E-state index is 14.9. The van der Waals surface area contributed by atoms with Crippen molar-refractivity contribution in [2.24, 2.45) is 0 Å². The van der Waals surface area contributed by atoms with E-state index in [4.69, 9.17) is 28.4 Å². The quantitative estimate of drug-likeness (QED) is 0.204. The molecular formula is C45H41N5O10. The predicted molar refractivity (Wildman–Crippen MR) is 216 cm³/mol. The van der Waals surface area contributed by atoms with Crippen molar-refractivity contribution in [2.75, 3.05) is 47.9 Å². The zero-order chi connectivity index (χ0) is 41.2. The highest BCUT2D eigenvalue weighted by Crippen LogP contribution is 2.46. The molecule has 4 unspecified atom stereocenters. The third-order valence-corrected chi connectivity index (χ3v) is 12.0. The molecule has 2 N–H and O–H groups in total. The highest BCUT2D eigenvalue weighted by Gasteiger charge is 2.47. The zero-order valence-corrected chi connectivity index (χ0v) is 33.1. The molecule has 10 rings (SSSR count). The van der Waals surface area contributed by atoms with E-state index in [0.29, 0.717) is 34.1 Å². The van der Waals surface area contributed by atoms with Gasteiger partial charge in [-0.15, -0.1) is 0 Å². The Morgan fingerprint density at radius 3 is 1.47 bits per heavy atom. The Labute approximate surface area is 343 Å². The van der Waals surface area contributed by atoms with Gasteiger partial charge in [0.25, 0.3) is 0 Å². The number of fused-ring (bicyclic) bond motifs is 8. The first-order chi connectivity index (χ1) is 29.2. The number of amides is 2. The van der Waals surface area contributed by atoms with Crippen LogP contribution < -0.4 is 18.9 Å². The Morgan fingerprint density at radius 2 is 1.03 bits per heavy atom. The number of benzene rings is 4. The molecule has 2 aromatic heterocycles. The Bertz CT molecular complexity index is 2540. The molecule has 306 valence electrons. The van der Waals surface area contributed by atoms with E-state index < -0.39 is 47.9 Å². The average molecular weight is 812 g/mol. The number of aromatic amines is 2. The molecule has 2 amide bonds. The second-order valence-corrected chi connectivity index (χ2v) is 15.4. The molecule has 60 heavy (non-hydrogen) atoms. The van der Waals surface area contributed by atoms with E-state index in [0.717, 1.165) is 44.3 Å². The summed E-state index contributed by atoms with van der Waals surface area (Å²) in [5, 5.41) is 1.89. The van der Waals surface area contributed by atoms with Gasteiger partial charge < -0.3 is 48.2 Å². The molecule has 6 aromatic rings. The van der Waals surface area contributed by atoms with Crippen molar-refractivity contribution in [3.63, 3.8) is 0 Å². The topological polar surface area (TPSA) is 165 Å². The summed E-state index contributed by atoms with van der Waals surface area (Å²) in [6.07, 6.45) is 0.417. The van der Waals surface area contributed by atoms with Crippen molar-refractivity contribution in [3.05, 3.63) is 119 Å². The van der Waals surface area contributed by atoms with Gasteiger partial charge in [-0.2, -0.15) is 0 Å². The number of hydrogen-bond acceptors (Lipinski definition) is 11. The monoisotopic (exact) mass is 811 g/mol. The minimum Gasteiger partial charge on any atom is -0.467 e. The Morgan fingerprint density at radius 1 is 0.617 bits per heavy atom. The fourth-order valence-electron chi connectivity index (χ4n) is 9.37. The average Bonchev–Trinajstić information content (AvgIpc) is 4.08. The minimum absolute atomic E-state index is 0.0678. The number of H-pyrrole nitrogens is 2. The molecule has 4 aromatic carbocycles. The van der Waals surface area contributed by atoms with Crippen LogP contribution in [0.2, 0.25) is 0 Å². The summed E-state index contributed by atoms with van der Waals surface area (Å²) in [6.45, 7) is -0.367. The van der Waals surface area contributed by atoms with E-state index in [1.807, 2.05) is 72.8 Å². The standard InChI is InChI=1S/C45H41N5O10/c1-48(20-38(51)49-32(44(53)55-2)18-28-26-8-4-6-10-30(26)46-40(28)42(49)24-12-14-34-36(16-24)59-22-57-34)21-39(52)50-33(45(54)56-3)19-29-27-9-5-7-11-31(27)47-41(29)43(50)25-13-15-35-37(17-25)60-23-58-35/h4-17,32-33,42-43,46-47H,18-23H2,1-3H3. The first kappa shape index (κ1) is 37.3. The summed E-state index contributed by atoms with van der Waals surface area (Å²) in [6, 6.07) is 23.1. The lowest BCUT2D eigenvalue weighted by atomic mass is 9.87. The van der Waals surface area contributed by atoms with Gasteiger partial charge in [0, 0.05) is 46.0 Å². The lowest BCUT2D eigenvalue weighted by Gasteiger charge is -2.42. The number of nitrogens with one attached hydrogen (secondary N) is 2. The fourth-order valence-corrected chi connectivity index (χ4v) is 9.37. The van der Waals surface area contributed by atoms with Gasteiger partial charge in [0.05, 0.1) is 39.4 Å². The summed E-state index contributed by atoms with van der Waals surface area (Å²) in [5.41, 5.74) is 6.46. The molecule has 4 aliphatic heterocycles. The summed E-state index contributed by atoms with van der Waals surface area (Å²) in [7, 11) is 4.28. The van der Waals surface area contributed by atoms with Crippen LogP contribution in [0.1, 0.15) is 45.7 Å². The van der Waals surface area contributed by atoms with Gasteiger partial charge in [-0.3, -0.25) is 14.5 Å². The van der Waals surface area contributed by atoms with E-state index >= 15 is 0 Å². The molecule has 0 saturated carbocycles. The summed E-state index contributed by atoms with van der Waals surface area (Å²) in [4.78, 5) is 69.0. The van der Waals surface area contributed by atoms with Crippen molar-refractivity contribution < 1.29 is 47.6 Å². The number of ether oxygens (including phenoxy) is 6. The molecule has 4 atom stereocenters. The number of hydrogen-bond donors (Lipinski definition) is 2. The molecule has 0 spiro atoms.